The van der Waals surface area contributed by atoms with Crippen molar-refractivity contribution < 1.29 is 4.57 Å². The summed E-state index contributed by atoms with van der Waals surface area (Å²) in [5.41, 5.74) is 3.17. The van der Waals surface area contributed by atoms with Gasteiger partial charge >= 0.3 is 0 Å². The second kappa shape index (κ2) is 4.29. The normalized spacial score (nSPS) is 15.4. The van der Waals surface area contributed by atoms with Crippen LogP contribution in [0.4, 0.5) is 0 Å². The van der Waals surface area contributed by atoms with Crippen molar-refractivity contribution in [1.29, 1.82) is 0 Å². The summed E-state index contributed by atoms with van der Waals surface area (Å²) in [7, 11) is 3.49. The highest BCUT2D eigenvalue weighted by atomic mass is 35.7. The Labute approximate surface area is 96.5 Å². The van der Waals surface area contributed by atoms with Gasteiger partial charge in [0.15, 0.2) is 0 Å². The van der Waals surface area contributed by atoms with E-state index >= 15 is 0 Å². The lowest BCUT2D eigenvalue weighted by molar-refractivity contribution is 0.537. The maximum absolute atomic E-state index is 12.4. The molecule has 0 saturated heterocycles. The third-order valence-corrected chi connectivity index (χ3v) is 6.13. The van der Waals surface area contributed by atoms with E-state index in [0.29, 0.717) is 0 Å². The van der Waals surface area contributed by atoms with Crippen molar-refractivity contribution in [3.05, 3.63) is 28.8 Å². The first kappa shape index (κ1) is 12.8. The predicted molar refractivity (Wildman–Crippen MR) is 67.4 cm³/mol. The van der Waals surface area contributed by atoms with Gasteiger partial charge in [0.2, 0.25) is 0 Å². The number of aryl methyl sites for hydroxylation is 3. The summed E-state index contributed by atoms with van der Waals surface area (Å²) in [5.74, 6) is 0. The summed E-state index contributed by atoms with van der Waals surface area (Å²) in [5, 5.41) is 0.778. The predicted octanol–water partition coefficient (Wildman–Crippen LogP) is 3.23. The smallest absolute Gasteiger partial charge is 0.263 e. The number of hydrogen-bond acceptors (Lipinski definition) is 1. The molecular formula is C11H17ClNOP. The minimum Gasteiger partial charge on any atom is -0.284 e. The Morgan fingerprint density at radius 2 is 1.53 bits per heavy atom. The van der Waals surface area contributed by atoms with Gasteiger partial charge in [-0.25, -0.2) is 4.67 Å². The molecule has 0 aliphatic heterocycles. The van der Waals surface area contributed by atoms with Crippen molar-refractivity contribution in [2.45, 2.75) is 20.8 Å². The monoisotopic (exact) mass is 245 g/mol. The van der Waals surface area contributed by atoms with Gasteiger partial charge in [-0.05, 0) is 57.2 Å². The molecule has 0 aliphatic rings. The number of nitrogens with zero attached hydrogens (tertiary/aromatic N) is 1. The molecule has 84 valence electrons. The first-order chi connectivity index (χ1) is 6.76. The molecule has 0 radical (unpaired) electrons. The van der Waals surface area contributed by atoms with Crippen LogP contribution in [0.2, 0.25) is 0 Å². The number of rotatable bonds is 2. The molecular weight excluding hydrogens is 229 g/mol. The van der Waals surface area contributed by atoms with E-state index in [1.165, 1.54) is 5.56 Å². The molecule has 0 amide bonds. The summed E-state index contributed by atoms with van der Waals surface area (Å²) < 4.78 is 14.0. The second-order valence-corrected chi connectivity index (χ2v) is 7.72. The summed E-state index contributed by atoms with van der Waals surface area (Å²) in [4.78, 5) is 0. The molecule has 1 aromatic carbocycles. The van der Waals surface area contributed by atoms with Crippen LogP contribution in [0.25, 0.3) is 0 Å². The van der Waals surface area contributed by atoms with E-state index < -0.39 is 6.65 Å². The molecule has 0 aliphatic carbocycles. The van der Waals surface area contributed by atoms with Gasteiger partial charge in [-0.2, -0.15) is 0 Å². The lowest BCUT2D eigenvalue weighted by atomic mass is 10.1. The first-order valence-electron chi connectivity index (χ1n) is 4.82. The molecule has 1 aromatic rings. The van der Waals surface area contributed by atoms with E-state index in [1.807, 2.05) is 32.9 Å². The van der Waals surface area contributed by atoms with Crippen LogP contribution in [0.3, 0.4) is 0 Å². The van der Waals surface area contributed by atoms with Crippen molar-refractivity contribution in [1.82, 2.24) is 4.67 Å². The maximum atomic E-state index is 12.4. The average Bonchev–Trinajstić information content (AvgIpc) is 2.00. The highest BCUT2D eigenvalue weighted by Crippen LogP contribution is 2.53. The molecule has 0 saturated carbocycles. The number of halogens is 1. The molecule has 0 fully saturated rings. The van der Waals surface area contributed by atoms with Gasteiger partial charge in [0, 0.05) is 5.30 Å². The van der Waals surface area contributed by atoms with Crippen molar-refractivity contribution in [3.63, 3.8) is 0 Å². The SMILES string of the molecule is Cc1cc(C)c(P(=O)(Cl)N(C)C)c(C)c1. The second-order valence-electron chi connectivity index (χ2n) is 4.10. The zero-order chi connectivity index (χ0) is 11.8. The molecule has 1 unspecified atom stereocenters. The van der Waals surface area contributed by atoms with Crippen LogP contribution in [-0.4, -0.2) is 18.8 Å². The number of benzene rings is 1. The summed E-state index contributed by atoms with van der Waals surface area (Å²) >= 11 is 6.14. The van der Waals surface area contributed by atoms with Gasteiger partial charge in [0.1, 0.15) is 0 Å². The maximum Gasteiger partial charge on any atom is 0.263 e. The van der Waals surface area contributed by atoms with E-state index in [0.717, 1.165) is 16.4 Å². The van der Waals surface area contributed by atoms with E-state index in [2.05, 4.69) is 0 Å². The van der Waals surface area contributed by atoms with Crippen LogP contribution in [0.15, 0.2) is 12.1 Å². The van der Waals surface area contributed by atoms with Crippen molar-refractivity contribution in [2.24, 2.45) is 0 Å². The van der Waals surface area contributed by atoms with E-state index in [4.69, 9.17) is 11.2 Å². The lowest BCUT2D eigenvalue weighted by Crippen LogP contribution is -2.19. The molecule has 0 N–H and O–H groups in total. The average molecular weight is 246 g/mol. The zero-order valence-corrected chi connectivity index (χ0v) is 11.5. The highest BCUT2D eigenvalue weighted by Gasteiger charge is 2.28. The van der Waals surface area contributed by atoms with E-state index in [1.54, 1.807) is 18.8 Å². The van der Waals surface area contributed by atoms with Gasteiger partial charge in [-0.3, -0.25) is 4.57 Å². The van der Waals surface area contributed by atoms with Gasteiger partial charge in [-0.15, -0.1) is 0 Å². The minimum absolute atomic E-state index is 0.778. The van der Waals surface area contributed by atoms with Gasteiger partial charge in [0.25, 0.3) is 6.65 Å². The van der Waals surface area contributed by atoms with Crippen LogP contribution in [0, 0.1) is 20.8 Å². The Balaban J connectivity index is 3.45. The summed E-state index contributed by atoms with van der Waals surface area (Å²) in [6.07, 6.45) is 0. The zero-order valence-electron chi connectivity index (χ0n) is 9.84. The molecule has 0 aromatic heterocycles. The fourth-order valence-electron chi connectivity index (χ4n) is 1.81. The fraction of sp³-hybridized carbons (Fsp3) is 0.455. The Kier molecular flexibility index (Phi) is 3.65. The molecule has 4 heteroatoms. The summed E-state index contributed by atoms with van der Waals surface area (Å²) in [6.45, 7) is 3.02. The third-order valence-electron chi connectivity index (χ3n) is 2.43. The lowest BCUT2D eigenvalue weighted by Gasteiger charge is -2.22. The van der Waals surface area contributed by atoms with Gasteiger partial charge in [0.05, 0.1) is 0 Å². The fourth-order valence-corrected chi connectivity index (χ4v) is 4.01. The quantitative estimate of drug-likeness (QED) is 0.746. The van der Waals surface area contributed by atoms with E-state index in [9.17, 15) is 4.57 Å². The van der Waals surface area contributed by atoms with Crippen molar-refractivity contribution in [3.8, 4) is 0 Å². The van der Waals surface area contributed by atoms with Crippen LogP contribution in [0.1, 0.15) is 16.7 Å². The highest BCUT2D eigenvalue weighted by molar-refractivity contribution is 7.93. The molecule has 0 spiro atoms. The molecule has 0 bridgehead atoms. The molecule has 0 heterocycles. The number of hydrogen-bond donors (Lipinski definition) is 0. The summed E-state index contributed by atoms with van der Waals surface area (Å²) in [6, 6.07) is 4.03. The largest absolute Gasteiger partial charge is 0.284 e. The third kappa shape index (κ3) is 2.44. The minimum atomic E-state index is -2.91. The van der Waals surface area contributed by atoms with Crippen LogP contribution in [0.5, 0.6) is 0 Å². The first-order valence-corrected chi connectivity index (χ1v) is 7.39. The van der Waals surface area contributed by atoms with Crippen molar-refractivity contribution in [2.75, 3.05) is 14.1 Å². The standard InChI is InChI=1S/C11H17ClNOP/c1-8-6-9(2)11(10(3)7-8)15(12,14)13(4)5/h6-7H,1-5H3. The Morgan fingerprint density at radius 1 is 1.13 bits per heavy atom. The van der Waals surface area contributed by atoms with Gasteiger partial charge < -0.3 is 0 Å². The molecule has 1 atom stereocenters. The van der Waals surface area contributed by atoms with Crippen LogP contribution < -0.4 is 5.30 Å². The van der Waals surface area contributed by atoms with Gasteiger partial charge in [-0.1, -0.05) is 17.7 Å². The molecule has 2 nitrogen and oxygen atoms in total. The van der Waals surface area contributed by atoms with Crippen LogP contribution >= 0.6 is 17.9 Å². The molecule has 15 heavy (non-hydrogen) atoms. The van der Waals surface area contributed by atoms with Crippen molar-refractivity contribution >= 4 is 23.2 Å². The Bertz CT molecular complexity index is 406. The topological polar surface area (TPSA) is 20.3 Å². The van der Waals surface area contributed by atoms with Crippen LogP contribution in [-0.2, 0) is 4.57 Å². The van der Waals surface area contributed by atoms with E-state index in [-0.39, 0.29) is 0 Å². The Morgan fingerprint density at radius 3 is 1.87 bits per heavy atom. The molecule has 1 rings (SSSR count). The Hall–Kier alpha value is -0.300.